The molecule has 0 saturated carbocycles. The van der Waals surface area contributed by atoms with Crippen LogP contribution in [0.25, 0.3) is 0 Å². The zero-order valence-electron chi connectivity index (χ0n) is 7.14. The van der Waals surface area contributed by atoms with E-state index in [1.165, 1.54) is 0 Å². The molecule has 0 aliphatic rings. The third-order valence-electron chi connectivity index (χ3n) is 1.43. The summed E-state index contributed by atoms with van der Waals surface area (Å²) in [6.45, 7) is 2.86. The predicted molar refractivity (Wildman–Crippen MR) is 53.7 cm³/mol. The molecule has 0 aromatic heterocycles. The lowest BCUT2D eigenvalue weighted by molar-refractivity contribution is 0.316. The minimum Gasteiger partial charge on any atom is -0.493 e. The van der Waals surface area contributed by atoms with Gasteiger partial charge in [-0.05, 0) is 18.1 Å². The summed E-state index contributed by atoms with van der Waals surface area (Å²) in [5.74, 6) is 0.841. The fraction of sp³-hybridized carbons (Fsp3) is 0.400. The van der Waals surface area contributed by atoms with E-state index >= 15 is 0 Å². The first-order chi connectivity index (χ1) is 5.86. The van der Waals surface area contributed by atoms with Gasteiger partial charge in [-0.2, -0.15) is 0 Å². The molecule has 1 aromatic carbocycles. The highest BCUT2D eigenvalue weighted by molar-refractivity contribution is 9.08. The van der Waals surface area contributed by atoms with Gasteiger partial charge in [0.1, 0.15) is 5.75 Å². The molecule has 1 nitrogen and oxygen atoms in total. The summed E-state index contributed by atoms with van der Waals surface area (Å²) in [5, 5.41) is 0.830. The van der Waals surface area contributed by atoms with Crippen LogP contribution in [0.15, 0.2) is 18.2 Å². The number of hydrogen-bond acceptors (Lipinski definition) is 1. The molecule has 0 bridgehead atoms. The number of benzene rings is 1. The van der Waals surface area contributed by atoms with Crippen molar-refractivity contribution in [1.82, 2.24) is 0 Å². The van der Waals surface area contributed by atoms with Crippen molar-refractivity contribution in [3.8, 4) is 5.75 Å². The zero-order valence-corrected chi connectivity index (χ0v) is 8.73. The van der Waals surface area contributed by atoms with Gasteiger partial charge >= 0.3 is 0 Å². The molecule has 1 radical (unpaired) electrons. The molecule has 65 valence electrons. The van der Waals surface area contributed by atoms with Gasteiger partial charge in [-0.15, -0.1) is 0 Å². The van der Waals surface area contributed by atoms with Gasteiger partial charge in [-0.25, -0.2) is 0 Å². The Kier molecular flexibility index (Phi) is 4.15. The molecule has 0 aliphatic heterocycles. The topological polar surface area (TPSA) is 9.23 Å². The van der Waals surface area contributed by atoms with Gasteiger partial charge in [-0.3, -0.25) is 0 Å². The Morgan fingerprint density at radius 1 is 1.50 bits per heavy atom. The van der Waals surface area contributed by atoms with Crippen molar-refractivity contribution >= 4 is 15.9 Å². The fourth-order valence-electron chi connectivity index (χ4n) is 0.867. The maximum absolute atomic E-state index is 5.42. The van der Waals surface area contributed by atoms with Crippen LogP contribution in [0.5, 0.6) is 5.75 Å². The van der Waals surface area contributed by atoms with Crippen molar-refractivity contribution in [2.75, 3.05) is 6.61 Å². The Bertz CT molecular complexity index is 235. The molecular weight excluding hydrogens is 216 g/mol. The van der Waals surface area contributed by atoms with E-state index < -0.39 is 0 Å². The van der Waals surface area contributed by atoms with Crippen LogP contribution in [0.3, 0.4) is 0 Å². The van der Waals surface area contributed by atoms with Gasteiger partial charge in [0.25, 0.3) is 0 Å². The van der Waals surface area contributed by atoms with Crippen LogP contribution in [0.1, 0.15) is 18.9 Å². The lowest BCUT2D eigenvalue weighted by Gasteiger charge is -2.04. The van der Waals surface area contributed by atoms with Crippen LogP contribution in [-0.4, -0.2) is 6.61 Å². The molecular formula is C10H12BrO. The lowest BCUT2D eigenvalue weighted by atomic mass is 10.2. The van der Waals surface area contributed by atoms with Crippen LogP contribution in [0, 0.1) is 6.07 Å². The van der Waals surface area contributed by atoms with E-state index in [1.54, 1.807) is 0 Å². The smallest absolute Gasteiger partial charge is 0.127 e. The largest absolute Gasteiger partial charge is 0.493 e. The third-order valence-corrected chi connectivity index (χ3v) is 2.04. The summed E-state index contributed by atoms with van der Waals surface area (Å²) in [5.41, 5.74) is 1.13. The summed E-state index contributed by atoms with van der Waals surface area (Å²) in [6, 6.07) is 9.10. The molecule has 0 amide bonds. The van der Waals surface area contributed by atoms with Gasteiger partial charge in [0.05, 0.1) is 6.61 Å². The molecule has 0 saturated heterocycles. The fourth-order valence-corrected chi connectivity index (χ4v) is 1.19. The highest BCUT2D eigenvalue weighted by Crippen LogP contribution is 2.14. The number of halogens is 1. The quantitative estimate of drug-likeness (QED) is 0.719. The van der Waals surface area contributed by atoms with E-state index in [0.29, 0.717) is 0 Å². The first-order valence-corrected chi connectivity index (χ1v) is 5.19. The Morgan fingerprint density at radius 3 is 3.00 bits per heavy atom. The molecule has 1 rings (SSSR count). The van der Waals surface area contributed by atoms with Gasteiger partial charge in [0.2, 0.25) is 0 Å². The van der Waals surface area contributed by atoms with Gasteiger partial charge in [0, 0.05) is 11.4 Å². The van der Waals surface area contributed by atoms with Gasteiger partial charge < -0.3 is 4.74 Å². The van der Waals surface area contributed by atoms with E-state index in [-0.39, 0.29) is 0 Å². The average Bonchev–Trinajstić information content (AvgIpc) is 2.15. The second kappa shape index (κ2) is 5.20. The van der Waals surface area contributed by atoms with Crippen LogP contribution in [-0.2, 0) is 5.33 Å². The summed E-state index contributed by atoms with van der Waals surface area (Å²) < 4.78 is 5.42. The molecule has 1 aromatic rings. The molecule has 0 unspecified atom stereocenters. The van der Waals surface area contributed by atoms with E-state index in [1.807, 2.05) is 18.2 Å². The maximum atomic E-state index is 5.42. The molecule has 0 N–H and O–H groups in total. The molecule has 0 heterocycles. The summed E-state index contributed by atoms with van der Waals surface area (Å²) in [6.07, 6.45) is 1.03. The van der Waals surface area contributed by atoms with Crippen LogP contribution < -0.4 is 4.74 Å². The van der Waals surface area contributed by atoms with Crippen LogP contribution in [0.2, 0.25) is 0 Å². The monoisotopic (exact) mass is 227 g/mol. The van der Waals surface area contributed by atoms with E-state index in [0.717, 1.165) is 29.7 Å². The second-order valence-corrected chi connectivity index (χ2v) is 3.08. The van der Waals surface area contributed by atoms with Gasteiger partial charge in [0.15, 0.2) is 0 Å². The Morgan fingerprint density at radius 2 is 2.33 bits per heavy atom. The molecule has 0 atom stereocenters. The van der Waals surface area contributed by atoms with Crippen molar-refractivity contribution < 1.29 is 4.74 Å². The van der Waals surface area contributed by atoms with Crippen molar-refractivity contribution in [3.63, 3.8) is 0 Å². The third kappa shape index (κ3) is 2.86. The summed E-state index contributed by atoms with van der Waals surface area (Å²) in [4.78, 5) is 0. The SMILES string of the molecule is CCCOc1[c]c(CBr)ccc1. The first-order valence-electron chi connectivity index (χ1n) is 4.06. The molecule has 0 aliphatic carbocycles. The van der Waals surface area contributed by atoms with E-state index in [2.05, 4.69) is 28.9 Å². The van der Waals surface area contributed by atoms with E-state index in [9.17, 15) is 0 Å². The maximum Gasteiger partial charge on any atom is 0.127 e. The number of alkyl halides is 1. The highest BCUT2D eigenvalue weighted by atomic mass is 79.9. The van der Waals surface area contributed by atoms with Crippen LogP contribution in [0.4, 0.5) is 0 Å². The molecule has 12 heavy (non-hydrogen) atoms. The normalized spacial score (nSPS) is 9.83. The Labute approximate surface area is 81.9 Å². The lowest BCUT2D eigenvalue weighted by Crippen LogP contribution is -1.95. The first kappa shape index (κ1) is 9.59. The summed E-state index contributed by atoms with van der Waals surface area (Å²) in [7, 11) is 0. The van der Waals surface area contributed by atoms with Crippen LogP contribution >= 0.6 is 15.9 Å². The molecule has 2 heteroatoms. The second-order valence-electron chi connectivity index (χ2n) is 2.52. The highest BCUT2D eigenvalue weighted by Gasteiger charge is 1.94. The Balaban J connectivity index is 2.60. The van der Waals surface area contributed by atoms with Crippen molar-refractivity contribution in [1.29, 1.82) is 0 Å². The van der Waals surface area contributed by atoms with Crippen molar-refractivity contribution in [2.24, 2.45) is 0 Å². The number of rotatable bonds is 4. The van der Waals surface area contributed by atoms with Crippen molar-refractivity contribution in [2.45, 2.75) is 18.7 Å². The van der Waals surface area contributed by atoms with Crippen molar-refractivity contribution in [3.05, 3.63) is 29.8 Å². The average molecular weight is 228 g/mol. The molecule has 0 spiro atoms. The summed E-state index contributed by atoms with van der Waals surface area (Å²) >= 11 is 3.37. The Hall–Kier alpha value is -0.500. The predicted octanol–water partition coefficient (Wildman–Crippen LogP) is 3.17. The standard InChI is InChI=1S/C10H12BrO/c1-2-6-12-10-5-3-4-9(7-10)8-11/h3-5H,2,6,8H2,1H3. The number of hydrogen-bond donors (Lipinski definition) is 0. The van der Waals surface area contributed by atoms with Gasteiger partial charge in [-0.1, -0.05) is 35.0 Å². The minimum atomic E-state index is 0.766. The van der Waals surface area contributed by atoms with E-state index in [4.69, 9.17) is 4.74 Å². The number of ether oxygens (including phenoxy) is 1. The molecule has 0 fully saturated rings. The minimum absolute atomic E-state index is 0.766. The zero-order chi connectivity index (χ0) is 8.81.